The van der Waals surface area contributed by atoms with Crippen LogP contribution in [-0.4, -0.2) is 47.7 Å². The Bertz CT molecular complexity index is 610. The molecule has 0 aliphatic rings. The van der Waals surface area contributed by atoms with Crippen molar-refractivity contribution in [1.29, 1.82) is 0 Å². The van der Waals surface area contributed by atoms with Crippen molar-refractivity contribution in [3.05, 3.63) is 48.0 Å². The van der Waals surface area contributed by atoms with Gasteiger partial charge < -0.3 is 14.0 Å². The molecule has 0 saturated heterocycles. The van der Waals surface area contributed by atoms with Gasteiger partial charge in [-0.1, -0.05) is 18.2 Å². The van der Waals surface area contributed by atoms with Gasteiger partial charge in [-0.2, -0.15) is 0 Å². The van der Waals surface area contributed by atoms with Crippen LogP contribution in [0.15, 0.2) is 36.5 Å². The Labute approximate surface area is 130 Å². The number of ether oxygens (including phenoxy) is 2. The van der Waals surface area contributed by atoms with Crippen LogP contribution < -0.4 is 4.74 Å². The minimum absolute atomic E-state index is 0.410. The summed E-state index contributed by atoms with van der Waals surface area (Å²) in [4.78, 5) is 18.6. The lowest BCUT2D eigenvalue weighted by Crippen LogP contribution is -2.24. The number of rotatable bonds is 7. The number of aromatic nitrogens is 2. The Morgan fingerprint density at radius 3 is 2.73 bits per heavy atom. The summed E-state index contributed by atoms with van der Waals surface area (Å²) in [6.07, 6.45) is 1.55. The minimum Gasteiger partial charge on any atom is -0.422 e. The van der Waals surface area contributed by atoms with Gasteiger partial charge in [0.05, 0.1) is 19.3 Å². The molecule has 6 heteroatoms. The average Bonchev–Trinajstić information content (AvgIpc) is 2.87. The topological polar surface area (TPSA) is 56.6 Å². The number of likely N-dealkylation sites (N-methyl/N-ethyl adjacent to an activating group) is 1. The second kappa shape index (κ2) is 7.72. The lowest BCUT2D eigenvalue weighted by atomic mass is 10.3. The van der Waals surface area contributed by atoms with E-state index in [1.807, 2.05) is 32.3 Å². The van der Waals surface area contributed by atoms with Crippen LogP contribution in [0, 0.1) is 0 Å². The number of benzene rings is 1. The van der Waals surface area contributed by atoms with Crippen molar-refractivity contribution in [2.24, 2.45) is 7.05 Å². The summed E-state index contributed by atoms with van der Waals surface area (Å²) in [6.45, 7) is 2.09. The van der Waals surface area contributed by atoms with Gasteiger partial charge in [0, 0.05) is 20.7 Å². The molecule has 0 aliphatic heterocycles. The van der Waals surface area contributed by atoms with Gasteiger partial charge >= 0.3 is 5.97 Å². The first-order chi connectivity index (χ1) is 10.6. The molecule has 0 aliphatic carbocycles. The van der Waals surface area contributed by atoms with E-state index in [4.69, 9.17) is 9.47 Å². The fourth-order valence-electron chi connectivity index (χ4n) is 2.00. The van der Waals surface area contributed by atoms with Gasteiger partial charge in [0.1, 0.15) is 17.3 Å². The van der Waals surface area contributed by atoms with Gasteiger partial charge in [-0.15, -0.1) is 0 Å². The Morgan fingerprint density at radius 1 is 1.32 bits per heavy atom. The summed E-state index contributed by atoms with van der Waals surface area (Å²) < 4.78 is 12.1. The standard InChI is InChI=1S/C16H21N3O3/c1-18(9-10-21-3)12-15-17-11-14(19(15)2)16(20)22-13-7-5-4-6-8-13/h4-8,11H,9-10,12H2,1-3H3. The highest BCUT2D eigenvalue weighted by Crippen LogP contribution is 2.13. The fraction of sp³-hybridized carbons (Fsp3) is 0.375. The van der Waals surface area contributed by atoms with E-state index in [-0.39, 0.29) is 0 Å². The van der Waals surface area contributed by atoms with E-state index in [1.54, 1.807) is 30.0 Å². The molecule has 118 valence electrons. The van der Waals surface area contributed by atoms with Gasteiger partial charge in [-0.05, 0) is 19.2 Å². The minimum atomic E-state index is -0.410. The zero-order valence-electron chi connectivity index (χ0n) is 13.2. The van der Waals surface area contributed by atoms with Crippen LogP contribution in [0.1, 0.15) is 16.3 Å². The molecule has 2 rings (SSSR count). The van der Waals surface area contributed by atoms with Gasteiger partial charge in [-0.3, -0.25) is 4.90 Å². The molecule has 0 fully saturated rings. The molecular formula is C16H21N3O3. The van der Waals surface area contributed by atoms with E-state index < -0.39 is 5.97 Å². The predicted molar refractivity (Wildman–Crippen MR) is 82.8 cm³/mol. The zero-order valence-corrected chi connectivity index (χ0v) is 13.2. The molecule has 1 aromatic heterocycles. The molecule has 1 heterocycles. The number of carbonyl (C=O) groups excluding carboxylic acids is 1. The number of carbonyl (C=O) groups is 1. The maximum absolute atomic E-state index is 12.2. The molecule has 0 spiro atoms. The smallest absolute Gasteiger partial charge is 0.362 e. The van der Waals surface area contributed by atoms with E-state index >= 15 is 0 Å². The van der Waals surface area contributed by atoms with Crippen molar-refractivity contribution in [2.45, 2.75) is 6.54 Å². The second-order valence-corrected chi connectivity index (χ2v) is 5.05. The lowest BCUT2D eigenvalue weighted by molar-refractivity contribution is 0.0724. The quantitative estimate of drug-likeness (QED) is 0.576. The summed E-state index contributed by atoms with van der Waals surface area (Å²) in [5, 5.41) is 0. The number of hydrogen-bond donors (Lipinski definition) is 0. The van der Waals surface area contributed by atoms with Crippen molar-refractivity contribution in [3.63, 3.8) is 0 Å². The van der Waals surface area contributed by atoms with Crippen molar-refractivity contribution >= 4 is 5.97 Å². The number of para-hydroxylation sites is 1. The molecule has 6 nitrogen and oxygen atoms in total. The van der Waals surface area contributed by atoms with Crippen LogP contribution in [0.3, 0.4) is 0 Å². The summed E-state index contributed by atoms with van der Waals surface area (Å²) in [5.41, 5.74) is 0.430. The highest BCUT2D eigenvalue weighted by Gasteiger charge is 2.16. The van der Waals surface area contributed by atoms with E-state index in [9.17, 15) is 4.79 Å². The monoisotopic (exact) mass is 303 g/mol. The Hall–Kier alpha value is -2.18. The summed E-state index contributed by atoms with van der Waals surface area (Å²) in [5.74, 6) is 0.915. The predicted octanol–water partition coefficient (Wildman–Crippen LogP) is 1.72. The van der Waals surface area contributed by atoms with Crippen LogP contribution in [0.25, 0.3) is 0 Å². The molecule has 0 bridgehead atoms. The third-order valence-electron chi connectivity index (χ3n) is 3.34. The highest BCUT2D eigenvalue weighted by molar-refractivity contribution is 5.89. The van der Waals surface area contributed by atoms with Crippen molar-refractivity contribution in [1.82, 2.24) is 14.5 Å². The van der Waals surface area contributed by atoms with Crippen molar-refractivity contribution < 1.29 is 14.3 Å². The molecule has 1 aromatic carbocycles. The molecule has 0 radical (unpaired) electrons. The van der Waals surface area contributed by atoms with E-state index in [0.29, 0.717) is 24.6 Å². The first kappa shape index (κ1) is 16.2. The first-order valence-corrected chi connectivity index (χ1v) is 7.07. The maximum Gasteiger partial charge on any atom is 0.362 e. The fourth-order valence-corrected chi connectivity index (χ4v) is 2.00. The van der Waals surface area contributed by atoms with Crippen molar-refractivity contribution in [3.8, 4) is 5.75 Å². The number of esters is 1. The van der Waals surface area contributed by atoms with Crippen LogP contribution in [0.2, 0.25) is 0 Å². The van der Waals surface area contributed by atoms with Gasteiger partial charge in [0.2, 0.25) is 0 Å². The van der Waals surface area contributed by atoms with Gasteiger partial charge in [0.25, 0.3) is 0 Å². The Morgan fingerprint density at radius 2 is 2.05 bits per heavy atom. The third-order valence-corrected chi connectivity index (χ3v) is 3.34. The normalized spacial score (nSPS) is 10.9. The van der Waals surface area contributed by atoms with Gasteiger partial charge in [-0.25, -0.2) is 9.78 Å². The number of nitrogens with zero attached hydrogens (tertiary/aromatic N) is 3. The van der Waals surface area contributed by atoms with Crippen LogP contribution in [-0.2, 0) is 18.3 Å². The number of hydrogen-bond acceptors (Lipinski definition) is 5. The first-order valence-electron chi connectivity index (χ1n) is 7.07. The summed E-state index contributed by atoms with van der Waals surface area (Å²) in [6, 6.07) is 9.00. The molecule has 0 amide bonds. The van der Waals surface area contributed by atoms with E-state index in [0.717, 1.165) is 12.4 Å². The molecule has 0 unspecified atom stereocenters. The SMILES string of the molecule is COCCN(C)Cc1ncc(C(=O)Oc2ccccc2)n1C. The lowest BCUT2D eigenvalue weighted by Gasteiger charge is -2.15. The van der Waals surface area contributed by atoms with E-state index in [2.05, 4.69) is 9.88 Å². The summed E-state index contributed by atoms with van der Waals surface area (Å²) >= 11 is 0. The molecule has 2 aromatic rings. The van der Waals surface area contributed by atoms with Crippen molar-refractivity contribution in [2.75, 3.05) is 27.3 Å². The number of imidazole rings is 1. The molecule has 0 saturated carbocycles. The largest absolute Gasteiger partial charge is 0.422 e. The van der Waals surface area contributed by atoms with Gasteiger partial charge in [0.15, 0.2) is 0 Å². The molecule has 22 heavy (non-hydrogen) atoms. The average molecular weight is 303 g/mol. The highest BCUT2D eigenvalue weighted by atomic mass is 16.5. The third kappa shape index (κ3) is 4.16. The summed E-state index contributed by atoms with van der Waals surface area (Å²) in [7, 11) is 5.47. The maximum atomic E-state index is 12.2. The molecule has 0 atom stereocenters. The zero-order chi connectivity index (χ0) is 15.9. The molecule has 0 N–H and O–H groups in total. The van der Waals surface area contributed by atoms with E-state index in [1.165, 1.54) is 0 Å². The van der Waals surface area contributed by atoms with Crippen LogP contribution in [0.4, 0.5) is 0 Å². The number of methoxy groups -OCH3 is 1. The van der Waals surface area contributed by atoms with Crippen LogP contribution >= 0.6 is 0 Å². The second-order valence-electron chi connectivity index (χ2n) is 5.05. The van der Waals surface area contributed by atoms with Crippen LogP contribution in [0.5, 0.6) is 5.75 Å². The Balaban J connectivity index is 2.02. The Kier molecular flexibility index (Phi) is 5.68. The molecular weight excluding hydrogens is 282 g/mol.